The summed E-state index contributed by atoms with van der Waals surface area (Å²) in [5.74, 6) is 1.79. The van der Waals surface area contributed by atoms with Gasteiger partial charge >= 0.3 is 0 Å². The van der Waals surface area contributed by atoms with Crippen molar-refractivity contribution in [2.45, 2.75) is 78.6 Å². The molecular weight excluding hydrogens is 862 g/mol. The summed E-state index contributed by atoms with van der Waals surface area (Å²) in [5, 5.41) is 4.91. The van der Waals surface area contributed by atoms with E-state index in [1.807, 2.05) is 0 Å². The van der Waals surface area contributed by atoms with Gasteiger partial charge in [-0.15, -0.1) is 0 Å². The Kier molecular flexibility index (Phi) is 9.37. The highest BCUT2D eigenvalue weighted by Gasteiger charge is 2.43. The quantitative estimate of drug-likeness (QED) is 0.164. The molecule has 0 aliphatic carbocycles. The average molecular weight is 920 g/mol. The third-order valence-electron chi connectivity index (χ3n) is 15.4. The maximum atomic E-state index is 7.42. The summed E-state index contributed by atoms with van der Waals surface area (Å²) in [4.78, 5) is 2.53. The summed E-state index contributed by atoms with van der Waals surface area (Å²) in [6.45, 7) is 20.7. The number of nitrogens with zero attached hydrogens (tertiary/aromatic N) is 3. The van der Waals surface area contributed by atoms with Crippen molar-refractivity contribution in [3.05, 3.63) is 205 Å². The van der Waals surface area contributed by atoms with Gasteiger partial charge in [0.05, 0.1) is 33.4 Å². The molecule has 0 radical (unpaired) electrons. The van der Waals surface area contributed by atoms with Gasteiger partial charge in [0.2, 0.25) is 0 Å². The van der Waals surface area contributed by atoms with E-state index >= 15 is 0 Å². The Morgan fingerprint density at radius 3 is 1.31 bits per heavy atom. The SMILES string of the molecule is CC(C)(C)c1ccc(N2c3ccc(C(C)(C)C)cc3B3c4cc(C(C)(C)C)ccc4Oc4cc(-c5c(-n6c7ccccc7c7ccccc76)cccc5-n5c6ccccc6c6ccccc65)cc2c43)cc1. The van der Waals surface area contributed by atoms with Gasteiger partial charge in [-0.25, -0.2) is 0 Å². The Labute approximate surface area is 417 Å². The Hall–Kier alpha value is -7.76. The number of aromatic nitrogens is 2. The summed E-state index contributed by atoms with van der Waals surface area (Å²) in [5.41, 5.74) is 20.0. The molecule has 0 amide bonds. The minimum Gasteiger partial charge on any atom is -0.458 e. The molecule has 2 aliphatic heterocycles. The summed E-state index contributed by atoms with van der Waals surface area (Å²) in [7, 11) is 0. The summed E-state index contributed by atoms with van der Waals surface area (Å²) in [6, 6.07) is 70.6. The van der Waals surface area contributed by atoms with Crippen LogP contribution >= 0.6 is 0 Å². The molecule has 71 heavy (non-hydrogen) atoms. The molecule has 5 heteroatoms. The zero-order valence-electron chi connectivity index (χ0n) is 42.2. The second-order valence-corrected chi connectivity index (χ2v) is 23.0. The molecule has 0 atom stereocenters. The largest absolute Gasteiger partial charge is 0.458 e. The Bertz CT molecular complexity index is 3740. The van der Waals surface area contributed by atoms with Gasteiger partial charge in [0, 0.05) is 44.2 Å². The molecule has 0 bridgehead atoms. The number of hydrogen-bond acceptors (Lipinski definition) is 2. The molecule has 4 nitrogen and oxygen atoms in total. The van der Waals surface area contributed by atoms with Crippen LogP contribution in [0.5, 0.6) is 11.5 Å². The Balaban J connectivity index is 1.17. The van der Waals surface area contributed by atoms with Crippen LogP contribution in [0, 0.1) is 0 Å². The van der Waals surface area contributed by atoms with Crippen molar-refractivity contribution in [2.24, 2.45) is 0 Å². The molecule has 11 aromatic rings. The summed E-state index contributed by atoms with van der Waals surface area (Å²) >= 11 is 0. The second-order valence-electron chi connectivity index (χ2n) is 23.0. The zero-order valence-corrected chi connectivity index (χ0v) is 42.2. The first kappa shape index (κ1) is 43.3. The minimum absolute atomic E-state index is 0.00611. The van der Waals surface area contributed by atoms with Crippen LogP contribution in [0.4, 0.5) is 17.1 Å². The van der Waals surface area contributed by atoms with Crippen molar-refractivity contribution in [3.8, 4) is 34.0 Å². The maximum absolute atomic E-state index is 7.42. The standard InChI is InChI=1S/C66H58BN3O/c1-64(2,3)42-29-33-45(34-30-42)68-56-35-31-43(65(4,5)6)39-50(56)67-51-40-44(66(7,8)9)32-36-60(51)71-61-38-41(37-59(68)63(61)67)62-57(69-52-23-14-10-19-46(52)47-20-11-15-24-53(47)69)27-18-28-58(62)70-54-25-16-12-21-48(54)49-22-13-17-26-55(49)70/h10-40H,1-9H3. The van der Waals surface area contributed by atoms with Crippen LogP contribution in [0.3, 0.4) is 0 Å². The average Bonchev–Trinajstić information content (AvgIpc) is 3.88. The van der Waals surface area contributed by atoms with Gasteiger partial charge in [-0.2, -0.15) is 0 Å². The predicted molar refractivity (Wildman–Crippen MR) is 303 cm³/mol. The van der Waals surface area contributed by atoms with Crippen molar-refractivity contribution < 1.29 is 4.74 Å². The first-order valence-electron chi connectivity index (χ1n) is 25.3. The van der Waals surface area contributed by atoms with Crippen LogP contribution in [-0.2, 0) is 16.2 Å². The van der Waals surface area contributed by atoms with Crippen molar-refractivity contribution in [3.63, 3.8) is 0 Å². The molecule has 0 saturated heterocycles. The van der Waals surface area contributed by atoms with E-state index in [9.17, 15) is 0 Å². The van der Waals surface area contributed by atoms with Crippen LogP contribution in [0.2, 0.25) is 0 Å². The van der Waals surface area contributed by atoms with Gasteiger partial charge in [-0.3, -0.25) is 0 Å². The lowest BCUT2D eigenvalue weighted by Crippen LogP contribution is -2.60. The van der Waals surface area contributed by atoms with Crippen LogP contribution < -0.4 is 26.0 Å². The molecule has 9 aromatic carbocycles. The number of rotatable bonds is 4. The van der Waals surface area contributed by atoms with E-state index < -0.39 is 0 Å². The van der Waals surface area contributed by atoms with Gasteiger partial charge < -0.3 is 18.8 Å². The van der Waals surface area contributed by atoms with Gasteiger partial charge in [0.25, 0.3) is 6.71 Å². The number of benzene rings is 9. The highest BCUT2D eigenvalue weighted by molar-refractivity contribution is 6.99. The second kappa shape index (κ2) is 15.4. The van der Waals surface area contributed by atoms with Gasteiger partial charge in [-0.1, -0.05) is 178 Å². The van der Waals surface area contributed by atoms with Gasteiger partial charge in [-0.05, 0) is 128 Å². The molecule has 4 heterocycles. The molecule has 0 saturated carbocycles. The van der Waals surface area contributed by atoms with Gasteiger partial charge in [0.15, 0.2) is 0 Å². The molecule has 0 N–H and O–H groups in total. The molecule has 0 spiro atoms. The van der Waals surface area contributed by atoms with E-state index in [-0.39, 0.29) is 23.0 Å². The van der Waals surface area contributed by atoms with E-state index in [0.29, 0.717) is 0 Å². The lowest BCUT2D eigenvalue weighted by atomic mass is 9.33. The monoisotopic (exact) mass is 919 g/mol. The van der Waals surface area contributed by atoms with E-state index in [2.05, 4.69) is 264 Å². The van der Waals surface area contributed by atoms with Crippen molar-refractivity contribution in [1.82, 2.24) is 9.13 Å². The zero-order chi connectivity index (χ0) is 48.7. The van der Waals surface area contributed by atoms with E-state index in [4.69, 9.17) is 4.74 Å². The van der Waals surface area contributed by atoms with Crippen LogP contribution in [0.1, 0.15) is 79.0 Å². The van der Waals surface area contributed by atoms with Crippen molar-refractivity contribution >= 4 is 83.8 Å². The Morgan fingerprint density at radius 2 is 0.817 bits per heavy atom. The van der Waals surface area contributed by atoms with Crippen molar-refractivity contribution in [2.75, 3.05) is 4.90 Å². The highest BCUT2D eigenvalue weighted by atomic mass is 16.5. The topological polar surface area (TPSA) is 22.3 Å². The number of anilines is 3. The summed E-state index contributed by atoms with van der Waals surface area (Å²) < 4.78 is 12.4. The van der Waals surface area contributed by atoms with Crippen LogP contribution in [0.15, 0.2) is 188 Å². The fourth-order valence-electron chi connectivity index (χ4n) is 11.8. The van der Waals surface area contributed by atoms with Crippen molar-refractivity contribution in [1.29, 1.82) is 0 Å². The summed E-state index contributed by atoms with van der Waals surface area (Å²) in [6.07, 6.45) is 0. The third-order valence-corrected chi connectivity index (χ3v) is 15.4. The lowest BCUT2D eigenvalue weighted by molar-refractivity contribution is 0.486. The normalized spacial score (nSPS) is 13.5. The molecule has 0 unspecified atom stereocenters. The maximum Gasteiger partial charge on any atom is 0.256 e. The highest BCUT2D eigenvalue weighted by Crippen LogP contribution is 2.48. The van der Waals surface area contributed by atoms with E-state index in [1.165, 1.54) is 60.3 Å². The first-order chi connectivity index (χ1) is 34.1. The molecular formula is C66H58BN3O. The fraction of sp³-hybridized carbons (Fsp3) is 0.182. The number of ether oxygens (including phenoxy) is 1. The molecule has 2 aromatic heterocycles. The minimum atomic E-state index is -0.0631. The predicted octanol–water partition coefficient (Wildman–Crippen LogP) is 15.8. The first-order valence-corrected chi connectivity index (χ1v) is 25.3. The third kappa shape index (κ3) is 6.66. The molecule has 346 valence electrons. The number of para-hydroxylation sites is 4. The van der Waals surface area contributed by atoms with Gasteiger partial charge in [0.1, 0.15) is 11.5 Å². The fourth-order valence-corrected chi connectivity index (χ4v) is 11.8. The Morgan fingerprint density at radius 1 is 0.366 bits per heavy atom. The molecule has 2 aliphatic rings. The smallest absolute Gasteiger partial charge is 0.256 e. The molecule has 0 fully saturated rings. The van der Waals surface area contributed by atoms with E-state index in [0.717, 1.165) is 67.4 Å². The lowest BCUT2D eigenvalue weighted by Gasteiger charge is -2.41. The molecule has 13 rings (SSSR count). The van der Waals surface area contributed by atoms with E-state index in [1.54, 1.807) is 0 Å². The number of hydrogen-bond donors (Lipinski definition) is 0. The van der Waals surface area contributed by atoms with Crippen LogP contribution in [0.25, 0.3) is 66.1 Å². The number of fused-ring (bicyclic) bond motifs is 10. The van der Waals surface area contributed by atoms with Crippen LogP contribution in [-0.4, -0.2) is 15.8 Å².